The maximum Gasteiger partial charge on any atom is 0.0622 e. The summed E-state index contributed by atoms with van der Waals surface area (Å²) < 4.78 is 5.62. The normalized spacial score (nSPS) is 34.9. The summed E-state index contributed by atoms with van der Waals surface area (Å²) in [5.41, 5.74) is 0. The zero-order valence-electron chi connectivity index (χ0n) is 13.2. The molecule has 2 aliphatic heterocycles. The second-order valence-electron chi connectivity index (χ2n) is 6.90. The lowest BCUT2D eigenvalue weighted by atomic mass is 9.91. The quantitative estimate of drug-likeness (QED) is 0.829. The van der Waals surface area contributed by atoms with E-state index in [0.29, 0.717) is 18.1 Å². The van der Waals surface area contributed by atoms with E-state index in [-0.39, 0.29) is 0 Å². The summed E-state index contributed by atoms with van der Waals surface area (Å²) in [5, 5.41) is 3.80. The number of nitrogens with one attached hydrogen (secondary N) is 1. The molecule has 2 heterocycles. The van der Waals surface area contributed by atoms with Crippen molar-refractivity contribution >= 4 is 0 Å². The molecule has 2 saturated heterocycles. The standard InChI is InChI=1S/C16H32N2O/c1-5-13(4)16-10-18(14-6-7-19-11-14)15(9-17-16)8-12(2)3/h12-17H,5-11H2,1-4H3. The fraction of sp³-hybridized carbons (Fsp3) is 1.00. The van der Waals surface area contributed by atoms with Crippen LogP contribution < -0.4 is 5.32 Å². The van der Waals surface area contributed by atoms with Crippen LogP contribution in [0.25, 0.3) is 0 Å². The molecule has 1 N–H and O–H groups in total. The zero-order chi connectivity index (χ0) is 13.8. The SMILES string of the molecule is CCC(C)C1CN(C2CCOC2)C(CC(C)C)CN1. The second kappa shape index (κ2) is 7.05. The van der Waals surface area contributed by atoms with E-state index in [1.807, 2.05) is 0 Å². The van der Waals surface area contributed by atoms with Crippen LogP contribution in [0.4, 0.5) is 0 Å². The van der Waals surface area contributed by atoms with Gasteiger partial charge in [-0.3, -0.25) is 4.90 Å². The van der Waals surface area contributed by atoms with Gasteiger partial charge in [0.05, 0.1) is 6.61 Å². The van der Waals surface area contributed by atoms with Crippen LogP contribution in [0.3, 0.4) is 0 Å². The van der Waals surface area contributed by atoms with Gasteiger partial charge in [0, 0.05) is 37.8 Å². The molecule has 2 rings (SSSR count). The van der Waals surface area contributed by atoms with Crippen LogP contribution in [-0.4, -0.2) is 49.3 Å². The smallest absolute Gasteiger partial charge is 0.0622 e. The summed E-state index contributed by atoms with van der Waals surface area (Å²) in [5.74, 6) is 1.54. The molecule has 0 amide bonds. The third kappa shape index (κ3) is 3.93. The Morgan fingerprint density at radius 3 is 2.68 bits per heavy atom. The van der Waals surface area contributed by atoms with E-state index in [1.54, 1.807) is 0 Å². The fourth-order valence-corrected chi connectivity index (χ4v) is 3.50. The Balaban J connectivity index is 2.00. The molecule has 0 radical (unpaired) electrons. The third-order valence-corrected chi connectivity index (χ3v) is 4.94. The Morgan fingerprint density at radius 1 is 1.32 bits per heavy atom. The molecule has 0 aromatic carbocycles. The Bertz CT molecular complexity index is 263. The van der Waals surface area contributed by atoms with Crippen LogP contribution in [0.5, 0.6) is 0 Å². The van der Waals surface area contributed by atoms with Crippen LogP contribution in [0, 0.1) is 11.8 Å². The van der Waals surface area contributed by atoms with E-state index in [4.69, 9.17) is 4.74 Å². The van der Waals surface area contributed by atoms with Crippen molar-refractivity contribution in [3.05, 3.63) is 0 Å². The van der Waals surface area contributed by atoms with Crippen molar-refractivity contribution in [2.75, 3.05) is 26.3 Å². The Kier molecular flexibility index (Phi) is 5.67. The largest absolute Gasteiger partial charge is 0.380 e. The highest BCUT2D eigenvalue weighted by atomic mass is 16.5. The number of rotatable bonds is 5. The molecule has 4 unspecified atom stereocenters. The molecule has 0 aromatic heterocycles. The van der Waals surface area contributed by atoms with Gasteiger partial charge in [0.2, 0.25) is 0 Å². The molecule has 3 nitrogen and oxygen atoms in total. The molecular formula is C16H32N2O. The van der Waals surface area contributed by atoms with Crippen molar-refractivity contribution in [2.24, 2.45) is 11.8 Å². The van der Waals surface area contributed by atoms with Crippen LogP contribution in [-0.2, 0) is 4.74 Å². The molecule has 4 atom stereocenters. The van der Waals surface area contributed by atoms with E-state index in [9.17, 15) is 0 Å². The molecule has 0 spiro atoms. The number of piperazine rings is 1. The molecule has 19 heavy (non-hydrogen) atoms. The molecule has 2 aliphatic rings. The summed E-state index contributed by atoms with van der Waals surface area (Å²) in [6, 6.07) is 2.03. The highest BCUT2D eigenvalue weighted by Gasteiger charge is 2.35. The summed E-state index contributed by atoms with van der Waals surface area (Å²) in [6.07, 6.45) is 3.79. The minimum atomic E-state index is 0.661. The highest BCUT2D eigenvalue weighted by Crippen LogP contribution is 2.25. The average Bonchev–Trinajstić information content (AvgIpc) is 2.91. The molecule has 2 fully saturated rings. The Morgan fingerprint density at radius 2 is 2.11 bits per heavy atom. The minimum Gasteiger partial charge on any atom is -0.380 e. The first-order chi connectivity index (χ1) is 9.11. The lowest BCUT2D eigenvalue weighted by molar-refractivity contribution is 0.0483. The Hall–Kier alpha value is -0.120. The van der Waals surface area contributed by atoms with Gasteiger partial charge >= 0.3 is 0 Å². The van der Waals surface area contributed by atoms with Crippen LogP contribution in [0.1, 0.15) is 47.0 Å². The summed E-state index contributed by atoms with van der Waals surface area (Å²) in [7, 11) is 0. The van der Waals surface area contributed by atoms with Gasteiger partial charge in [-0.25, -0.2) is 0 Å². The van der Waals surface area contributed by atoms with Gasteiger partial charge in [-0.2, -0.15) is 0 Å². The predicted octanol–water partition coefficient (Wildman–Crippen LogP) is 2.51. The van der Waals surface area contributed by atoms with Gasteiger partial charge in [-0.1, -0.05) is 34.1 Å². The monoisotopic (exact) mass is 268 g/mol. The maximum absolute atomic E-state index is 5.62. The average molecular weight is 268 g/mol. The first kappa shape index (κ1) is 15.3. The molecule has 0 aromatic rings. The molecule has 0 bridgehead atoms. The van der Waals surface area contributed by atoms with Crippen molar-refractivity contribution in [3.63, 3.8) is 0 Å². The zero-order valence-corrected chi connectivity index (χ0v) is 13.2. The molecular weight excluding hydrogens is 236 g/mol. The third-order valence-electron chi connectivity index (χ3n) is 4.94. The lowest BCUT2D eigenvalue weighted by Crippen LogP contribution is -2.61. The number of nitrogens with zero attached hydrogens (tertiary/aromatic N) is 1. The Labute approximate surface area is 119 Å². The van der Waals surface area contributed by atoms with E-state index in [2.05, 4.69) is 37.9 Å². The fourth-order valence-electron chi connectivity index (χ4n) is 3.50. The van der Waals surface area contributed by atoms with E-state index < -0.39 is 0 Å². The molecule has 0 saturated carbocycles. The van der Waals surface area contributed by atoms with E-state index in [1.165, 1.54) is 25.8 Å². The number of ether oxygens (including phenoxy) is 1. The van der Waals surface area contributed by atoms with Crippen molar-refractivity contribution in [2.45, 2.75) is 65.1 Å². The lowest BCUT2D eigenvalue weighted by Gasteiger charge is -2.45. The van der Waals surface area contributed by atoms with Gasteiger partial charge in [0.15, 0.2) is 0 Å². The van der Waals surface area contributed by atoms with E-state index in [0.717, 1.165) is 31.6 Å². The van der Waals surface area contributed by atoms with Gasteiger partial charge in [-0.15, -0.1) is 0 Å². The second-order valence-corrected chi connectivity index (χ2v) is 6.90. The van der Waals surface area contributed by atoms with Gasteiger partial charge < -0.3 is 10.1 Å². The first-order valence-electron chi connectivity index (χ1n) is 8.18. The predicted molar refractivity (Wildman–Crippen MR) is 80.4 cm³/mol. The van der Waals surface area contributed by atoms with Crippen molar-refractivity contribution in [1.82, 2.24) is 10.2 Å². The first-order valence-corrected chi connectivity index (χ1v) is 8.18. The summed E-state index contributed by atoms with van der Waals surface area (Å²) in [6.45, 7) is 13.6. The van der Waals surface area contributed by atoms with Crippen molar-refractivity contribution < 1.29 is 4.74 Å². The molecule has 0 aliphatic carbocycles. The summed E-state index contributed by atoms with van der Waals surface area (Å²) in [4.78, 5) is 2.76. The molecule has 3 heteroatoms. The van der Waals surface area contributed by atoms with E-state index >= 15 is 0 Å². The van der Waals surface area contributed by atoms with Crippen LogP contribution in [0.15, 0.2) is 0 Å². The van der Waals surface area contributed by atoms with Crippen molar-refractivity contribution in [3.8, 4) is 0 Å². The van der Waals surface area contributed by atoms with Gasteiger partial charge in [0.25, 0.3) is 0 Å². The van der Waals surface area contributed by atoms with Crippen LogP contribution >= 0.6 is 0 Å². The minimum absolute atomic E-state index is 0.661. The molecule has 112 valence electrons. The van der Waals surface area contributed by atoms with Gasteiger partial charge in [0.1, 0.15) is 0 Å². The van der Waals surface area contributed by atoms with Gasteiger partial charge in [-0.05, 0) is 24.7 Å². The maximum atomic E-state index is 5.62. The highest BCUT2D eigenvalue weighted by molar-refractivity contribution is 4.92. The number of hydrogen-bond acceptors (Lipinski definition) is 3. The van der Waals surface area contributed by atoms with Crippen molar-refractivity contribution in [1.29, 1.82) is 0 Å². The van der Waals surface area contributed by atoms with Crippen LogP contribution in [0.2, 0.25) is 0 Å². The topological polar surface area (TPSA) is 24.5 Å². The number of hydrogen-bond donors (Lipinski definition) is 1. The summed E-state index contributed by atoms with van der Waals surface area (Å²) >= 11 is 0.